The smallest absolute Gasteiger partial charge is 0.323 e. The fraction of sp³-hybridized carbons (Fsp3) is 0.480. The highest BCUT2D eigenvalue weighted by Gasteiger charge is 2.24. The van der Waals surface area contributed by atoms with Gasteiger partial charge in [-0.25, -0.2) is 0 Å². The van der Waals surface area contributed by atoms with Crippen molar-refractivity contribution in [3.05, 3.63) is 63.7 Å². The first-order valence-corrected chi connectivity index (χ1v) is 13.2. The summed E-state index contributed by atoms with van der Waals surface area (Å²) in [5.41, 5.74) is 6.63. The third-order valence-corrected chi connectivity index (χ3v) is 7.34. The topological polar surface area (TPSA) is 75.6 Å². The number of nitrogens with one attached hydrogen (secondary N) is 1. The zero-order valence-electron chi connectivity index (χ0n) is 19.8. The number of phenolic OH excluding ortho intramolecular Hbond substituents is 1. The van der Waals surface area contributed by atoms with Gasteiger partial charge in [-0.2, -0.15) is 0 Å². The molecule has 2 aromatic carbocycles. The molecular weight excluding hydrogens is 409 g/mol. The maximum Gasteiger partial charge on any atom is 0.323 e. The molecule has 2 unspecified atom stereocenters. The largest absolute Gasteiger partial charge is 0.508 e. The number of benzene rings is 2. The molecule has 2 N–H and O–H groups in total. The first-order valence-electron chi connectivity index (χ1n) is 10.8. The van der Waals surface area contributed by atoms with Crippen LogP contribution >= 0.6 is 7.29 Å². The van der Waals surface area contributed by atoms with Crippen LogP contribution in [0, 0.1) is 13.8 Å². The number of aryl methyl sites for hydroxylation is 2. The Morgan fingerprint density at radius 2 is 1.71 bits per heavy atom. The van der Waals surface area contributed by atoms with E-state index < -0.39 is 13.3 Å². The molecule has 5 nitrogen and oxygen atoms in total. The third-order valence-electron chi connectivity index (χ3n) is 5.44. The van der Waals surface area contributed by atoms with Crippen molar-refractivity contribution in [2.75, 3.05) is 13.3 Å². The summed E-state index contributed by atoms with van der Waals surface area (Å²) in [5.74, 6) is 0.209. The monoisotopic (exact) mass is 445 g/mol. The highest BCUT2D eigenvalue weighted by Crippen LogP contribution is 2.42. The highest BCUT2D eigenvalue weighted by molar-refractivity contribution is 7.60. The molecule has 0 aliphatic heterocycles. The van der Waals surface area contributed by atoms with Crippen molar-refractivity contribution in [1.29, 1.82) is 0 Å². The van der Waals surface area contributed by atoms with Crippen molar-refractivity contribution >= 4 is 13.3 Å². The normalized spacial score (nSPS) is 14.3. The number of rotatable bonds is 9. The van der Waals surface area contributed by atoms with Crippen LogP contribution in [-0.4, -0.2) is 30.4 Å². The Balaban J connectivity index is 2.19. The number of hydrogen-bond donors (Lipinski definition) is 2. The first-order chi connectivity index (χ1) is 14.4. The highest BCUT2D eigenvalue weighted by atomic mass is 31.2. The second-order valence-corrected chi connectivity index (χ2v) is 11.6. The van der Waals surface area contributed by atoms with Gasteiger partial charge < -0.3 is 14.4 Å². The van der Waals surface area contributed by atoms with E-state index >= 15 is 0 Å². The summed E-state index contributed by atoms with van der Waals surface area (Å²) in [5, 5.41) is 13.1. The van der Waals surface area contributed by atoms with E-state index in [0.29, 0.717) is 18.5 Å². The molecule has 0 radical (unpaired) electrons. The van der Waals surface area contributed by atoms with Crippen molar-refractivity contribution in [2.45, 2.75) is 66.1 Å². The Hall–Kier alpha value is -2.10. The van der Waals surface area contributed by atoms with Crippen molar-refractivity contribution in [1.82, 2.24) is 5.09 Å². The molecule has 0 aromatic heterocycles. The Kier molecular flexibility index (Phi) is 8.50. The summed E-state index contributed by atoms with van der Waals surface area (Å²) in [7, 11) is -2.77. The number of carbonyl (C=O) groups excluding carboxylic acids is 1. The summed E-state index contributed by atoms with van der Waals surface area (Å²) >= 11 is 0. The van der Waals surface area contributed by atoms with Crippen molar-refractivity contribution in [3.63, 3.8) is 0 Å². The van der Waals surface area contributed by atoms with Crippen LogP contribution in [0.1, 0.15) is 67.0 Å². The van der Waals surface area contributed by atoms with Crippen LogP contribution in [0.25, 0.3) is 0 Å². The van der Waals surface area contributed by atoms with E-state index in [0.717, 1.165) is 34.2 Å². The fourth-order valence-electron chi connectivity index (χ4n) is 3.96. The van der Waals surface area contributed by atoms with Gasteiger partial charge in [0.25, 0.3) is 0 Å². The van der Waals surface area contributed by atoms with E-state index in [1.165, 1.54) is 5.56 Å². The molecule has 0 aliphatic rings. The van der Waals surface area contributed by atoms with Gasteiger partial charge in [-0.05, 0) is 79.5 Å². The minimum atomic E-state index is -2.77. The van der Waals surface area contributed by atoms with E-state index in [9.17, 15) is 14.5 Å². The lowest BCUT2D eigenvalue weighted by Crippen LogP contribution is -2.33. The number of carbonyl (C=O) groups is 1. The molecule has 2 atom stereocenters. The van der Waals surface area contributed by atoms with E-state index in [2.05, 4.69) is 51.0 Å². The summed E-state index contributed by atoms with van der Waals surface area (Å²) in [6.45, 7) is 13.7. The Morgan fingerprint density at radius 1 is 1.10 bits per heavy atom. The van der Waals surface area contributed by atoms with Crippen LogP contribution in [0.5, 0.6) is 5.75 Å². The molecule has 0 saturated heterocycles. The molecule has 0 spiro atoms. The van der Waals surface area contributed by atoms with Crippen LogP contribution in [0.4, 0.5) is 0 Å². The van der Waals surface area contributed by atoms with Crippen LogP contribution < -0.4 is 5.09 Å². The number of phenols is 1. The fourth-order valence-corrected chi connectivity index (χ4v) is 5.85. The minimum Gasteiger partial charge on any atom is -0.508 e. The van der Waals surface area contributed by atoms with Gasteiger partial charge >= 0.3 is 5.97 Å². The molecule has 2 aromatic rings. The average Bonchev–Trinajstić information content (AvgIpc) is 2.65. The molecule has 0 amide bonds. The van der Waals surface area contributed by atoms with Crippen molar-refractivity contribution in [3.8, 4) is 5.75 Å². The van der Waals surface area contributed by atoms with E-state index in [-0.39, 0.29) is 11.9 Å². The van der Waals surface area contributed by atoms with Gasteiger partial charge in [-0.1, -0.05) is 38.1 Å². The van der Waals surface area contributed by atoms with Crippen molar-refractivity contribution < 1.29 is 19.2 Å². The molecule has 0 heterocycles. The second kappa shape index (κ2) is 10.5. The summed E-state index contributed by atoms with van der Waals surface area (Å²) < 4.78 is 18.1. The van der Waals surface area contributed by atoms with Gasteiger partial charge in [-0.3, -0.25) is 9.88 Å². The van der Waals surface area contributed by atoms with Gasteiger partial charge in [0.15, 0.2) is 0 Å². The number of ether oxygens (including phenoxy) is 1. The molecule has 0 fully saturated rings. The molecule has 2 rings (SSSR count). The van der Waals surface area contributed by atoms with Gasteiger partial charge in [0.2, 0.25) is 0 Å². The average molecular weight is 446 g/mol. The standard InChI is InChI=1S/C25H36NO4P/c1-8-30-25(28)19(6)26-31(7,29)15-21-11-17(4)23(18(5)12-21)14-20-9-10-24(27)22(13-20)16(2)3/h9-13,16,19,27H,8,14-15H2,1-7H3,(H,26,29). The maximum atomic E-state index is 13.1. The predicted octanol–water partition coefficient (Wildman–Crippen LogP) is 5.67. The lowest BCUT2D eigenvalue weighted by molar-refractivity contribution is -0.144. The summed E-state index contributed by atoms with van der Waals surface area (Å²) in [6, 6.07) is 9.37. The number of aromatic hydroxyl groups is 1. The minimum absolute atomic E-state index is 0.257. The van der Waals surface area contributed by atoms with Gasteiger partial charge in [0.05, 0.1) is 6.61 Å². The molecule has 31 heavy (non-hydrogen) atoms. The zero-order chi connectivity index (χ0) is 23.3. The van der Waals surface area contributed by atoms with Gasteiger partial charge in [-0.15, -0.1) is 0 Å². The zero-order valence-corrected chi connectivity index (χ0v) is 20.7. The van der Waals surface area contributed by atoms with Crippen LogP contribution in [-0.2, 0) is 26.7 Å². The molecule has 0 saturated carbocycles. The second-order valence-electron chi connectivity index (χ2n) is 8.79. The van der Waals surface area contributed by atoms with Crippen LogP contribution in [0.3, 0.4) is 0 Å². The lowest BCUT2D eigenvalue weighted by Gasteiger charge is -2.21. The Bertz CT molecular complexity index is 960. The van der Waals surface area contributed by atoms with Crippen molar-refractivity contribution in [2.24, 2.45) is 0 Å². The van der Waals surface area contributed by atoms with E-state index in [1.807, 2.05) is 6.07 Å². The van der Waals surface area contributed by atoms with Crippen LogP contribution in [0.15, 0.2) is 30.3 Å². The molecule has 0 aliphatic carbocycles. The Labute approximate surface area is 186 Å². The predicted molar refractivity (Wildman–Crippen MR) is 127 cm³/mol. The molecule has 170 valence electrons. The van der Waals surface area contributed by atoms with Gasteiger partial charge in [0.1, 0.15) is 19.1 Å². The Morgan fingerprint density at radius 3 is 2.26 bits per heavy atom. The first kappa shape index (κ1) is 25.2. The van der Waals surface area contributed by atoms with Gasteiger partial charge in [0, 0.05) is 12.8 Å². The maximum absolute atomic E-state index is 13.1. The molecular formula is C25H36NO4P. The van der Waals surface area contributed by atoms with E-state index in [4.69, 9.17) is 4.74 Å². The lowest BCUT2D eigenvalue weighted by atomic mass is 9.92. The third kappa shape index (κ3) is 6.95. The molecule has 6 heteroatoms. The van der Waals surface area contributed by atoms with Crippen LogP contribution in [0.2, 0.25) is 0 Å². The summed E-state index contributed by atoms with van der Waals surface area (Å²) in [6.07, 6.45) is 1.15. The number of hydrogen-bond acceptors (Lipinski definition) is 4. The quantitative estimate of drug-likeness (QED) is 0.384. The number of esters is 1. The SMILES string of the molecule is CCOC(=O)C(C)NP(C)(=O)Cc1cc(C)c(Cc2ccc(O)c(C(C)C)c2)c(C)c1. The molecule has 0 bridgehead atoms. The summed E-state index contributed by atoms with van der Waals surface area (Å²) in [4.78, 5) is 11.9. The van der Waals surface area contributed by atoms with E-state index in [1.54, 1.807) is 26.6 Å².